The maximum absolute atomic E-state index is 14.9. The molecule has 6 atom stereocenters. The van der Waals surface area contributed by atoms with E-state index < -0.39 is 35.6 Å². The SMILES string of the molecule is C=CCN(Cc1ccccc1)C(=O)[C@@H]1[C@@H]2CCC3(O2)C(C(=O)N(CC=C)c2cc(C)ccc2C)N([C@@H](CO)C(C)C)C(=O)[C@H]13. The van der Waals surface area contributed by atoms with Crippen molar-refractivity contribution in [2.24, 2.45) is 17.8 Å². The first kappa shape index (κ1) is 31.7. The minimum absolute atomic E-state index is 0.135. The van der Waals surface area contributed by atoms with E-state index in [9.17, 15) is 19.5 Å². The summed E-state index contributed by atoms with van der Waals surface area (Å²) >= 11 is 0. The molecule has 0 saturated carbocycles. The largest absolute Gasteiger partial charge is 0.394 e. The topological polar surface area (TPSA) is 90.4 Å². The lowest BCUT2D eigenvalue weighted by Gasteiger charge is -2.40. The molecule has 3 saturated heterocycles. The molecule has 234 valence electrons. The van der Waals surface area contributed by atoms with Crippen molar-refractivity contribution in [3.63, 3.8) is 0 Å². The van der Waals surface area contributed by atoms with Gasteiger partial charge >= 0.3 is 0 Å². The van der Waals surface area contributed by atoms with Crippen LogP contribution in [0.1, 0.15) is 43.4 Å². The average Bonchev–Trinajstić information content (AvgIpc) is 3.65. The minimum atomic E-state index is -1.18. The highest BCUT2D eigenvalue weighted by Gasteiger charge is 2.75. The van der Waals surface area contributed by atoms with Gasteiger partial charge in [0, 0.05) is 25.3 Å². The van der Waals surface area contributed by atoms with E-state index in [4.69, 9.17) is 4.74 Å². The number of hydrogen-bond donors (Lipinski definition) is 1. The van der Waals surface area contributed by atoms with Crippen LogP contribution in [0.2, 0.25) is 0 Å². The third-order valence-corrected chi connectivity index (χ3v) is 9.68. The fourth-order valence-electron chi connectivity index (χ4n) is 7.63. The number of anilines is 1. The number of hydrogen-bond acceptors (Lipinski definition) is 5. The normalized spacial score (nSPS) is 26.0. The van der Waals surface area contributed by atoms with Gasteiger partial charge in [-0.25, -0.2) is 0 Å². The average molecular weight is 600 g/mol. The summed E-state index contributed by atoms with van der Waals surface area (Å²) in [5.74, 6) is -2.45. The van der Waals surface area contributed by atoms with Gasteiger partial charge in [-0.1, -0.05) is 68.5 Å². The van der Waals surface area contributed by atoms with Gasteiger partial charge in [0.05, 0.1) is 30.6 Å². The number of rotatable bonds is 12. The standard InChI is InChI=1S/C36H45N3O5/c1-7-18-37(21-26-12-10-9-11-13-26)33(41)30-29-16-17-36(44-29)31(30)34(42)39(28(22-40)23(3)4)32(36)35(43)38(19-8-2)27-20-24(5)14-15-25(27)6/h7-15,20,23,28-32,40H,1-2,16-19,21-22H2,3-6H3/t28-,29-,30+,31-,32?,36?/m0/s1. The Hall–Kier alpha value is -3.75. The van der Waals surface area contributed by atoms with E-state index in [2.05, 4.69) is 13.2 Å². The van der Waals surface area contributed by atoms with E-state index in [1.165, 1.54) is 0 Å². The highest BCUT2D eigenvalue weighted by atomic mass is 16.5. The molecule has 2 unspecified atom stereocenters. The zero-order valence-corrected chi connectivity index (χ0v) is 26.3. The molecule has 2 aromatic rings. The van der Waals surface area contributed by atoms with E-state index in [0.717, 1.165) is 22.4 Å². The molecule has 8 nitrogen and oxygen atoms in total. The number of nitrogens with zero attached hydrogens (tertiary/aromatic N) is 3. The Morgan fingerprint density at radius 2 is 1.80 bits per heavy atom. The van der Waals surface area contributed by atoms with E-state index >= 15 is 0 Å². The van der Waals surface area contributed by atoms with Crippen molar-refractivity contribution in [1.82, 2.24) is 9.80 Å². The number of aliphatic hydroxyl groups is 1. The predicted octanol–water partition coefficient (Wildman–Crippen LogP) is 4.43. The Morgan fingerprint density at radius 3 is 2.43 bits per heavy atom. The number of aryl methyl sites for hydroxylation is 2. The fraction of sp³-hybridized carbons (Fsp3) is 0.472. The van der Waals surface area contributed by atoms with Gasteiger partial charge in [-0.2, -0.15) is 0 Å². The van der Waals surface area contributed by atoms with Crippen LogP contribution in [-0.2, 0) is 25.7 Å². The molecule has 3 aliphatic heterocycles. The van der Waals surface area contributed by atoms with Gasteiger partial charge in [0.15, 0.2) is 0 Å². The molecule has 3 aliphatic rings. The second-order valence-corrected chi connectivity index (χ2v) is 12.8. The number of fused-ring (bicyclic) bond motifs is 1. The Kier molecular flexibility index (Phi) is 9.14. The summed E-state index contributed by atoms with van der Waals surface area (Å²) in [6.07, 6.45) is 3.95. The van der Waals surface area contributed by atoms with E-state index in [0.29, 0.717) is 25.9 Å². The summed E-state index contributed by atoms with van der Waals surface area (Å²) in [5.41, 5.74) is 2.47. The highest BCUT2D eigenvalue weighted by Crippen LogP contribution is 2.59. The Balaban J connectivity index is 1.59. The van der Waals surface area contributed by atoms with Crippen LogP contribution in [0, 0.1) is 31.6 Å². The molecule has 1 N–H and O–H groups in total. The Labute approximate surface area is 261 Å². The van der Waals surface area contributed by atoms with Crippen LogP contribution in [0.3, 0.4) is 0 Å². The van der Waals surface area contributed by atoms with E-state index in [-0.39, 0.29) is 36.8 Å². The van der Waals surface area contributed by atoms with Crippen molar-refractivity contribution >= 4 is 23.4 Å². The molecular formula is C36H45N3O5. The van der Waals surface area contributed by atoms with Crippen LogP contribution >= 0.6 is 0 Å². The first-order valence-corrected chi connectivity index (χ1v) is 15.6. The molecule has 1 spiro atoms. The number of aliphatic hydroxyl groups excluding tert-OH is 1. The number of carbonyl (C=O) groups excluding carboxylic acids is 3. The van der Waals surface area contributed by atoms with Crippen molar-refractivity contribution in [3.05, 3.63) is 90.5 Å². The highest BCUT2D eigenvalue weighted by molar-refractivity contribution is 6.05. The van der Waals surface area contributed by atoms with Gasteiger partial charge < -0.3 is 24.5 Å². The molecule has 3 heterocycles. The van der Waals surface area contributed by atoms with Crippen LogP contribution < -0.4 is 4.90 Å². The molecule has 0 aliphatic carbocycles. The maximum Gasteiger partial charge on any atom is 0.253 e. The lowest BCUT2D eigenvalue weighted by Crippen LogP contribution is -2.60. The molecule has 0 aromatic heterocycles. The van der Waals surface area contributed by atoms with Gasteiger partial charge in [0.25, 0.3) is 5.91 Å². The molecular weight excluding hydrogens is 554 g/mol. The van der Waals surface area contributed by atoms with Gasteiger partial charge in [-0.3, -0.25) is 14.4 Å². The van der Waals surface area contributed by atoms with Crippen molar-refractivity contribution in [2.75, 3.05) is 24.6 Å². The molecule has 44 heavy (non-hydrogen) atoms. The molecule has 0 radical (unpaired) electrons. The molecule has 2 aromatic carbocycles. The van der Waals surface area contributed by atoms with Gasteiger partial charge in [-0.05, 0) is 55.4 Å². The zero-order valence-electron chi connectivity index (χ0n) is 26.3. The van der Waals surface area contributed by atoms with Crippen molar-refractivity contribution in [3.8, 4) is 0 Å². The van der Waals surface area contributed by atoms with Crippen molar-refractivity contribution in [1.29, 1.82) is 0 Å². The quantitative estimate of drug-likeness (QED) is 0.365. The molecule has 2 bridgehead atoms. The van der Waals surface area contributed by atoms with Crippen LogP contribution in [0.15, 0.2) is 73.8 Å². The van der Waals surface area contributed by atoms with Crippen LogP contribution in [0.5, 0.6) is 0 Å². The van der Waals surface area contributed by atoms with Crippen LogP contribution in [-0.4, -0.2) is 76.1 Å². The Morgan fingerprint density at radius 1 is 1.09 bits per heavy atom. The smallest absolute Gasteiger partial charge is 0.253 e. The summed E-state index contributed by atoms with van der Waals surface area (Å²) in [5, 5.41) is 10.6. The summed E-state index contributed by atoms with van der Waals surface area (Å²) in [6.45, 7) is 16.2. The zero-order chi connectivity index (χ0) is 31.8. The maximum atomic E-state index is 14.9. The van der Waals surface area contributed by atoms with Crippen molar-refractivity contribution in [2.45, 2.75) is 70.9 Å². The minimum Gasteiger partial charge on any atom is -0.394 e. The third-order valence-electron chi connectivity index (χ3n) is 9.68. The number of amides is 3. The fourth-order valence-corrected chi connectivity index (χ4v) is 7.63. The lowest BCUT2D eigenvalue weighted by atomic mass is 9.70. The van der Waals surface area contributed by atoms with Gasteiger partial charge in [-0.15, -0.1) is 13.2 Å². The van der Waals surface area contributed by atoms with Gasteiger partial charge in [0.2, 0.25) is 11.8 Å². The number of ether oxygens (including phenoxy) is 1. The molecule has 3 fully saturated rings. The number of benzene rings is 2. The summed E-state index contributed by atoms with van der Waals surface area (Å²) in [7, 11) is 0. The molecule has 8 heteroatoms. The van der Waals surface area contributed by atoms with E-state index in [1.807, 2.05) is 76.2 Å². The van der Waals surface area contributed by atoms with E-state index in [1.54, 1.807) is 26.9 Å². The Bertz CT molecular complexity index is 1420. The van der Waals surface area contributed by atoms with Crippen molar-refractivity contribution < 1.29 is 24.2 Å². The summed E-state index contributed by atoms with van der Waals surface area (Å²) < 4.78 is 6.73. The van der Waals surface area contributed by atoms with Crippen LogP contribution in [0.25, 0.3) is 0 Å². The molecule has 5 rings (SSSR count). The number of likely N-dealkylation sites (tertiary alicyclic amines) is 1. The summed E-state index contributed by atoms with van der Waals surface area (Å²) in [4.78, 5) is 48.9. The predicted molar refractivity (Wildman–Crippen MR) is 171 cm³/mol. The monoisotopic (exact) mass is 599 g/mol. The first-order valence-electron chi connectivity index (χ1n) is 15.6. The third kappa shape index (κ3) is 5.28. The molecule has 3 amide bonds. The van der Waals surface area contributed by atoms with Gasteiger partial charge in [0.1, 0.15) is 11.6 Å². The first-order chi connectivity index (χ1) is 21.1. The summed E-state index contributed by atoms with van der Waals surface area (Å²) in [6, 6.07) is 14.1. The lowest BCUT2D eigenvalue weighted by molar-refractivity contribution is -0.148. The second kappa shape index (κ2) is 12.7. The van der Waals surface area contributed by atoms with Crippen LogP contribution in [0.4, 0.5) is 5.69 Å². The number of carbonyl (C=O) groups is 3. The second-order valence-electron chi connectivity index (χ2n) is 12.8.